The molecular weight excluding hydrogens is 254 g/mol. The molecule has 2 heteroatoms. The van der Waals surface area contributed by atoms with E-state index in [1.165, 1.54) is 56.2 Å². The normalized spacial score (nSPS) is 28.1. The van der Waals surface area contributed by atoms with Crippen LogP contribution in [0.15, 0.2) is 18.2 Å². The summed E-state index contributed by atoms with van der Waals surface area (Å²) < 4.78 is 0. The Morgan fingerprint density at radius 1 is 1.26 bits per heavy atom. The van der Waals surface area contributed by atoms with E-state index in [0.717, 1.165) is 17.4 Å². The van der Waals surface area contributed by atoms with Gasteiger partial charge in [0.1, 0.15) is 0 Å². The maximum absolute atomic E-state index is 6.45. The van der Waals surface area contributed by atoms with E-state index in [9.17, 15) is 0 Å². The lowest BCUT2D eigenvalue weighted by Gasteiger charge is -2.35. The van der Waals surface area contributed by atoms with Crippen LogP contribution in [0.4, 0.5) is 0 Å². The van der Waals surface area contributed by atoms with Crippen molar-refractivity contribution in [1.29, 1.82) is 0 Å². The molecule has 1 aliphatic carbocycles. The second-order valence-corrected chi connectivity index (χ2v) is 6.85. The zero-order chi connectivity index (χ0) is 13.3. The fourth-order valence-electron chi connectivity index (χ4n) is 3.58. The average molecular weight is 278 g/mol. The first-order valence-electron chi connectivity index (χ1n) is 7.70. The van der Waals surface area contributed by atoms with E-state index in [4.69, 9.17) is 11.6 Å². The Kier molecular flexibility index (Phi) is 3.86. The lowest BCUT2D eigenvalue weighted by molar-refractivity contribution is 0.271. The summed E-state index contributed by atoms with van der Waals surface area (Å²) in [6.45, 7) is 3.29. The van der Waals surface area contributed by atoms with Crippen LogP contribution in [0.3, 0.4) is 0 Å². The molecule has 1 aromatic carbocycles. The Hall–Kier alpha value is -0.530. The Balaban J connectivity index is 1.84. The van der Waals surface area contributed by atoms with Crippen molar-refractivity contribution < 1.29 is 0 Å². The average Bonchev–Trinajstić information content (AvgIpc) is 3.19. The van der Waals surface area contributed by atoms with Crippen molar-refractivity contribution in [2.75, 3.05) is 6.54 Å². The highest BCUT2D eigenvalue weighted by molar-refractivity contribution is 6.31. The van der Waals surface area contributed by atoms with E-state index < -0.39 is 0 Å². The molecule has 1 saturated heterocycles. The van der Waals surface area contributed by atoms with E-state index in [1.807, 2.05) is 0 Å². The maximum atomic E-state index is 6.45. The van der Waals surface area contributed by atoms with Gasteiger partial charge in [0, 0.05) is 10.6 Å². The van der Waals surface area contributed by atoms with Crippen molar-refractivity contribution in [2.24, 2.45) is 5.92 Å². The largest absolute Gasteiger partial charge is 0.311 e. The molecule has 1 aliphatic heterocycles. The minimum atomic E-state index is 0.329. The Morgan fingerprint density at radius 3 is 2.84 bits per heavy atom. The van der Waals surface area contributed by atoms with Crippen molar-refractivity contribution in [3.05, 3.63) is 34.3 Å². The lowest BCUT2D eigenvalue weighted by atomic mass is 9.82. The third kappa shape index (κ3) is 2.98. The van der Waals surface area contributed by atoms with Crippen molar-refractivity contribution in [3.63, 3.8) is 0 Å². The van der Waals surface area contributed by atoms with Crippen LogP contribution in [0.2, 0.25) is 5.02 Å². The molecule has 1 nitrogen and oxygen atoms in total. The third-order valence-electron chi connectivity index (χ3n) is 4.85. The number of hydrogen-bond donors (Lipinski definition) is 1. The Morgan fingerprint density at radius 2 is 2.11 bits per heavy atom. The highest BCUT2D eigenvalue weighted by Gasteiger charge is 2.44. The number of aryl methyl sites for hydroxylation is 1. The van der Waals surface area contributed by atoms with Crippen molar-refractivity contribution in [2.45, 2.75) is 57.4 Å². The van der Waals surface area contributed by atoms with E-state index in [0.29, 0.717) is 5.54 Å². The highest BCUT2D eigenvalue weighted by atomic mass is 35.5. The van der Waals surface area contributed by atoms with Crippen LogP contribution in [0.25, 0.3) is 0 Å². The topological polar surface area (TPSA) is 12.0 Å². The van der Waals surface area contributed by atoms with Gasteiger partial charge in [-0.25, -0.2) is 0 Å². The molecule has 0 bridgehead atoms. The molecule has 0 spiro atoms. The minimum Gasteiger partial charge on any atom is -0.311 e. The Bertz CT molecular complexity index is 443. The Labute approximate surface area is 121 Å². The van der Waals surface area contributed by atoms with E-state index in [1.54, 1.807) is 0 Å². The number of rotatable bonds is 3. The molecule has 3 rings (SSSR count). The molecule has 2 aliphatic rings. The number of nitrogens with one attached hydrogen (secondary N) is 1. The molecule has 0 radical (unpaired) electrons. The van der Waals surface area contributed by atoms with Gasteiger partial charge in [0.25, 0.3) is 0 Å². The van der Waals surface area contributed by atoms with Gasteiger partial charge in [-0.1, -0.05) is 36.6 Å². The summed E-state index contributed by atoms with van der Waals surface area (Å²) >= 11 is 6.45. The predicted octanol–water partition coefficient (Wildman–Crippen LogP) is 4.50. The summed E-state index contributed by atoms with van der Waals surface area (Å²) in [4.78, 5) is 0. The van der Waals surface area contributed by atoms with Gasteiger partial charge in [0.15, 0.2) is 0 Å². The minimum absolute atomic E-state index is 0.329. The first kappa shape index (κ1) is 13.5. The summed E-state index contributed by atoms with van der Waals surface area (Å²) in [5.74, 6) is 0.878. The molecule has 2 fully saturated rings. The summed E-state index contributed by atoms with van der Waals surface area (Å²) in [6.07, 6.45) is 9.30. The van der Waals surface area contributed by atoms with E-state index in [-0.39, 0.29) is 0 Å². The molecular formula is C17H24ClN. The summed E-state index contributed by atoms with van der Waals surface area (Å²) in [7, 11) is 0. The second-order valence-electron chi connectivity index (χ2n) is 6.44. The molecule has 0 aromatic heterocycles. The first-order valence-corrected chi connectivity index (χ1v) is 8.07. The van der Waals surface area contributed by atoms with Crippen LogP contribution in [0.5, 0.6) is 0 Å². The number of benzene rings is 1. The predicted molar refractivity (Wildman–Crippen MR) is 81.8 cm³/mol. The molecule has 0 amide bonds. The van der Waals surface area contributed by atoms with Gasteiger partial charge in [-0.3, -0.25) is 0 Å². The highest BCUT2D eigenvalue weighted by Crippen LogP contribution is 2.45. The molecule has 1 atom stereocenters. The molecule has 104 valence electrons. The summed E-state index contributed by atoms with van der Waals surface area (Å²) in [5, 5.41) is 4.84. The van der Waals surface area contributed by atoms with Crippen LogP contribution in [-0.4, -0.2) is 12.1 Å². The molecule has 19 heavy (non-hydrogen) atoms. The van der Waals surface area contributed by atoms with Gasteiger partial charge >= 0.3 is 0 Å². The lowest BCUT2D eigenvalue weighted by Crippen LogP contribution is -2.48. The molecule has 1 aromatic rings. The van der Waals surface area contributed by atoms with E-state index in [2.05, 4.69) is 30.4 Å². The van der Waals surface area contributed by atoms with Gasteiger partial charge in [0.2, 0.25) is 0 Å². The van der Waals surface area contributed by atoms with Gasteiger partial charge in [0.05, 0.1) is 0 Å². The van der Waals surface area contributed by atoms with Crippen LogP contribution >= 0.6 is 11.6 Å². The van der Waals surface area contributed by atoms with Crippen LogP contribution in [0.1, 0.15) is 49.7 Å². The zero-order valence-electron chi connectivity index (χ0n) is 11.8. The fourth-order valence-corrected chi connectivity index (χ4v) is 3.89. The smallest absolute Gasteiger partial charge is 0.0441 e. The van der Waals surface area contributed by atoms with Gasteiger partial charge < -0.3 is 5.32 Å². The van der Waals surface area contributed by atoms with Crippen molar-refractivity contribution in [1.82, 2.24) is 5.32 Å². The van der Waals surface area contributed by atoms with Crippen molar-refractivity contribution in [3.8, 4) is 0 Å². The zero-order valence-corrected chi connectivity index (χ0v) is 12.6. The second kappa shape index (κ2) is 5.46. The number of hydrogen-bond acceptors (Lipinski definition) is 1. The third-order valence-corrected chi connectivity index (χ3v) is 5.20. The van der Waals surface area contributed by atoms with Crippen molar-refractivity contribution >= 4 is 11.6 Å². The maximum Gasteiger partial charge on any atom is 0.0441 e. The van der Waals surface area contributed by atoms with Crippen LogP contribution in [0, 0.1) is 12.8 Å². The summed E-state index contributed by atoms with van der Waals surface area (Å²) in [6, 6.07) is 6.53. The van der Waals surface area contributed by atoms with Crippen LogP contribution < -0.4 is 5.32 Å². The van der Waals surface area contributed by atoms with Crippen LogP contribution in [-0.2, 0) is 6.42 Å². The van der Waals surface area contributed by atoms with Gasteiger partial charge in [-0.15, -0.1) is 0 Å². The first-order chi connectivity index (χ1) is 9.20. The van der Waals surface area contributed by atoms with Gasteiger partial charge in [-0.05, 0) is 68.7 Å². The monoisotopic (exact) mass is 277 g/mol. The van der Waals surface area contributed by atoms with E-state index >= 15 is 0 Å². The quantitative estimate of drug-likeness (QED) is 0.858. The standard InChI is InChI=1S/C17H24ClN/c1-13-5-6-14(16(18)11-13)12-17(15-7-8-15)9-3-2-4-10-19-17/h5-6,11,15,19H,2-4,7-10,12H2,1H3. The molecule has 1 unspecified atom stereocenters. The fraction of sp³-hybridized carbons (Fsp3) is 0.647. The van der Waals surface area contributed by atoms with Gasteiger partial charge in [-0.2, -0.15) is 0 Å². The SMILES string of the molecule is Cc1ccc(CC2(C3CC3)CCCCCN2)c(Cl)c1. The summed E-state index contributed by atoms with van der Waals surface area (Å²) in [5.41, 5.74) is 2.91. The molecule has 1 saturated carbocycles. The number of halogens is 1. The molecule has 1 N–H and O–H groups in total. The molecule has 1 heterocycles.